The summed E-state index contributed by atoms with van der Waals surface area (Å²) in [5.41, 5.74) is 6.20. The van der Waals surface area contributed by atoms with Crippen LogP contribution in [-0.4, -0.2) is 5.11 Å². The summed E-state index contributed by atoms with van der Waals surface area (Å²) in [6.07, 6.45) is 0. The van der Waals surface area contributed by atoms with Gasteiger partial charge < -0.3 is 5.11 Å². The number of aliphatic hydroxyl groups is 1. The summed E-state index contributed by atoms with van der Waals surface area (Å²) in [6.45, 7) is 0. The Morgan fingerprint density at radius 2 is 0.762 bits per heavy atom. The normalized spacial score (nSPS) is 13.4. The van der Waals surface area contributed by atoms with Gasteiger partial charge in [0.15, 0.2) is 0 Å². The molecule has 9 rings (SSSR count). The molecule has 0 atom stereocenters. The first-order valence-corrected chi connectivity index (χ1v) is 14.2. The number of rotatable bonds is 2. The fourth-order valence-corrected chi connectivity index (χ4v) is 7.56. The van der Waals surface area contributed by atoms with Crippen LogP contribution in [0.25, 0.3) is 65.3 Å². The van der Waals surface area contributed by atoms with Crippen molar-refractivity contribution in [3.63, 3.8) is 0 Å². The van der Waals surface area contributed by atoms with Crippen LogP contribution in [0.15, 0.2) is 146 Å². The minimum Gasteiger partial charge on any atom is -0.376 e. The molecule has 0 saturated carbocycles. The Morgan fingerprint density at radius 1 is 0.405 bits per heavy atom. The SMILES string of the molecule is OC1(c2c3ccccc3c(-[c-]3c4ccccc4c4ccccc43)c3ccccc23)c2ccccc2-c2ccccc21.[Ho]. The zero-order valence-electron chi connectivity index (χ0n) is 22.6. The van der Waals surface area contributed by atoms with E-state index in [-0.39, 0.29) is 37.7 Å². The number of fused-ring (bicyclic) bond motifs is 8. The van der Waals surface area contributed by atoms with Crippen molar-refractivity contribution in [3.05, 3.63) is 162 Å². The fraction of sp³-hybridized carbons (Fsp3) is 0.0250. The first-order chi connectivity index (χ1) is 20.3. The van der Waals surface area contributed by atoms with Crippen molar-refractivity contribution in [3.8, 4) is 22.3 Å². The molecule has 1 radical (unpaired) electrons. The Hall–Kier alpha value is -3.85. The van der Waals surface area contributed by atoms with Crippen molar-refractivity contribution in [2.45, 2.75) is 5.60 Å². The van der Waals surface area contributed by atoms with Crippen molar-refractivity contribution < 1.29 is 42.8 Å². The molecule has 8 aromatic carbocycles. The molecule has 0 unspecified atom stereocenters. The van der Waals surface area contributed by atoms with Crippen LogP contribution in [-0.2, 0) is 5.60 Å². The third kappa shape index (κ3) is 3.31. The molecule has 0 amide bonds. The third-order valence-electron chi connectivity index (χ3n) is 9.15. The molecule has 1 N–H and O–H groups in total. The van der Waals surface area contributed by atoms with E-state index in [1.807, 2.05) is 12.1 Å². The van der Waals surface area contributed by atoms with E-state index in [0.29, 0.717) is 0 Å². The van der Waals surface area contributed by atoms with Gasteiger partial charge in [0.25, 0.3) is 0 Å². The third-order valence-corrected chi connectivity index (χ3v) is 9.15. The largest absolute Gasteiger partial charge is 0.376 e. The molecule has 0 aromatic heterocycles. The molecular weight excluding hydrogens is 661 g/mol. The molecule has 1 aliphatic rings. The molecule has 1 aliphatic carbocycles. The average molecular weight is 687 g/mol. The van der Waals surface area contributed by atoms with Gasteiger partial charge in [-0.1, -0.05) is 189 Å². The number of benzene rings is 7. The van der Waals surface area contributed by atoms with Crippen molar-refractivity contribution in [2.75, 3.05) is 0 Å². The maximum atomic E-state index is 13.1. The maximum Gasteiger partial charge on any atom is 0.142 e. The molecule has 0 spiro atoms. The maximum absolute atomic E-state index is 13.1. The van der Waals surface area contributed by atoms with Crippen LogP contribution in [0, 0.1) is 37.7 Å². The Kier molecular flexibility index (Phi) is 5.90. The molecule has 42 heavy (non-hydrogen) atoms. The molecule has 203 valence electrons. The fourth-order valence-electron chi connectivity index (χ4n) is 7.56. The first kappa shape index (κ1) is 25.8. The van der Waals surface area contributed by atoms with Crippen LogP contribution in [0.5, 0.6) is 0 Å². The summed E-state index contributed by atoms with van der Waals surface area (Å²) < 4.78 is 0. The van der Waals surface area contributed by atoms with Crippen LogP contribution in [0.2, 0.25) is 0 Å². The minimum atomic E-state index is -1.29. The molecule has 0 aliphatic heterocycles. The molecule has 2 heteroatoms. The Balaban J connectivity index is 0.00000267. The Morgan fingerprint density at radius 3 is 1.24 bits per heavy atom. The zero-order chi connectivity index (χ0) is 27.1. The predicted octanol–water partition coefficient (Wildman–Crippen LogP) is 9.95. The van der Waals surface area contributed by atoms with Crippen molar-refractivity contribution in [1.29, 1.82) is 0 Å². The standard InChI is InChI=1S/C40H25O.Ho/c41-40(35-23-11-9-15-27(35)28-16-10-12-24-36(28)40)39-33-21-7-5-19-31(33)38(32-20-6-8-22-34(32)39)37-29-17-3-1-13-25(29)26-14-2-4-18-30(26)37;/h1-24,41H;/q-1;. The van der Waals surface area contributed by atoms with Crippen LogP contribution < -0.4 is 0 Å². The summed E-state index contributed by atoms with van der Waals surface area (Å²) >= 11 is 0. The predicted molar refractivity (Wildman–Crippen MR) is 171 cm³/mol. The van der Waals surface area contributed by atoms with E-state index in [4.69, 9.17) is 0 Å². The minimum absolute atomic E-state index is 0. The molecule has 0 saturated heterocycles. The van der Waals surface area contributed by atoms with E-state index >= 15 is 0 Å². The van der Waals surface area contributed by atoms with Crippen LogP contribution in [0.3, 0.4) is 0 Å². The summed E-state index contributed by atoms with van der Waals surface area (Å²) in [5, 5.41) is 22.6. The van der Waals surface area contributed by atoms with E-state index < -0.39 is 5.60 Å². The second-order valence-electron chi connectivity index (χ2n) is 11.1. The molecule has 8 aromatic rings. The zero-order valence-corrected chi connectivity index (χ0v) is 24.5. The van der Waals surface area contributed by atoms with Gasteiger partial charge in [0, 0.05) is 48.9 Å². The van der Waals surface area contributed by atoms with E-state index in [1.54, 1.807) is 0 Å². The van der Waals surface area contributed by atoms with Gasteiger partial charge in [-0.05, 0) is 27.5 Å². The smallest absolute Gasteiger partial charge is 0.142 e. The Bertz CT molecular complexity index is 2190. The van der Waals surface area contributed by atoms with E-state index in [9.17, 15) is 5.11 Å². The van der Waals surface area contributed by atoms with Gasteiger partial charge in [0.1, 0.15) is 5.60 Å². The van der Waals surface area contributed by atoms with Gasteiger partial charge in [-0.2, -0.15) is 0 Å². The summed E-state index contributed by atoms with van der Waals surface area (Å²) in [6, 6.07) is 51.4. The molecule has 0 bridgehead atoms. The van der Waals surface area contributed by atoms with Gasteiger partial charge in [0.05, 0.1) is 0 Å². The van der Waals surface area contributed by atoms with E-state index in [1.165, 1.54) is 32.7 Å². The first-order valence-electron chi connectivity index (χ1n) is 14.2. The monoisotopic (exact) mass is 686 g/mol. The van der Waals surface area contributed by atoms with Gasteiger partial charge in [-0.3, -0.25) is 0 Å². The van der Waals surface area contributed by atoms with E-state index in [0.717, 1.165) is 49.4 Å². The van der Waals surface area contributed by atoms with Gasteiger partial charge in [-0.15, -0.1) is 0 Å². The second-order valence-corrected chi connectivity index (χ2v) is 11.1. The van der Waals surface area contributed by atoms with Crippen LogP contribution >= 0.6 is 0 Å². The van der Waals surface area contributed by atoms with E-state index in [2.05, 4.69) is 133 Å². The summed E-state index contributed by atoms with van der Waals surface area (Å²) in [7, 11) is 0. The topological polar surface area (TPSA) is 20.2 Å². The van der Waals surface area contributed by atoms with Crippen molar-refractivity contribution >= 4 is 43.1 Å². The van der Waals surface area contributed by atoms with Gasteiger partial charge >= 0.3 is 0 Å². The molecule has 1 nitrogen and oxygen atoms in total. The molecule has 0 heterocycles. The second kappa shape index (κ2) is 9.59. The molecule has 0 fully saturated rings. The molecular formula is C40H25HoO-. The van der Waals surface area contributed by atoms with Crippen LogP contribution in [0.1, 0.15) is 16.7 Å². The Labute approximate surface area is 274 Å². The quantitative estimate of drug-likeness (QED) is 0.109. The number of hydrogen-bond acceptors (Lipinski definition) is 1. The van der Waals surface area contributed by atoms with Gasteiger partial charge in [0.2, 0.25) is 0 Å². The van der Waals surface area contributed by atoms with Crippen molar-refractivity contribution in [1.82, 2.24) is 0 Å². The average Bonchev–Trinajstić information content (AvgIpc) is 3.50. The van der Waals surface area contributed by atoms with Crippen molar-refractivity contribution in [2.24, 2.45) is 0 Å². The number of hydrogen-bond donors (Lipinski definition) is 1. The van der Waals surface area contributed by atoms with Crippen LogP contribution in [0.4, 0.5) is 0 Å². The summed E-state index contributed by atoms with van der Waals surface area (Å²) in [4.78, 5) is 0. The van der Waals surface area contributed by atoms with Gasteiger partial charge in [-0.25, -0.2) is 0 Å². The summed E-state index contributed by atoms with van der Waals surface area (Å²) in [5.74, 6) is 0.